The quantitative estimate of drug-likeness (QED) is 0.190. The summed E-state index contributed by atoms with van der Waals surface area (Å²) in [5.41, 5.74) is 6.47. The number of nitrogens with one attached hydrogen (secondary N) is 2. The first-order valence-electron chi connectivity index (χ1n) is 11.4. The van der Waals surface area contributed by atoms with Crippen LogP contribution in [0.25, 0.3) is 44.3 Å². The number of carbonyl (C=O) groups is 1. The second-order valence-electron chi connectivity index (χ2n) is 8.56. The molecule has 3 heterocycles. The Morgan fingerprint density at radius 2 is 1.50 bits per heavy atom. The summed E-state index contributed by atoms with van der Waals surface area (Å²) in [5, 5.41) is 21.3. The van der Waals surface area contributed by atoms with Gasteiger partial charge < -0.3 is 15.1 Å². The number of para-hydroxylation sites is 2. The summed E-state index contributed by atoms with van der Waals surface area (Å²) in [4.78, 5) is 24.3. The van der Waals surface area contributed by atoms with Crippen LogP contribution in [0.5, 0.6) is 5.75 Å². The number of H-pyrrole nitrogens is 2. The molecule has 0 fully saturated rings. The molecule has 0 bridgehead atoms. The first-order valence-corrected chi connectivity index (χ1v) is 12.4. The van der Waals surface area contributed by atoms with E-state index in [-0.39, 0.29) is 17.3 Å². The lowest BCUT2D eigenvalue weighted by Crippen LogP contribution is -2.05. The van der Waals surface area contributed by atoms with Crippen LogP contribution in [0.4, 0.5) is 0 Å². The summed E-state index contributed by atoms with van der Waals surface area (Å²) in [6.45, 7) is 1.84. The van der Waals surface area contributed by atoms with E-state index >= 15 is 0 Å². The number of phenols is 1. The summed E-state index contributed by atoms with van der Waals surface area (Å²) in [5.74, 6) is 0.0903. The molecule has 0 aliphatic heterocycles. The molecule has 7 nitrogen and oxygen atoms in total. The van der Waals surface area contributed by atoms with Gasteiger partial charge in [-0.1, -0.05) is 48.2 Å². The molecule has 0 amide bonds. The number of carbonyl (C=O) groups excluding carboxylic acids is 1. The third-order valence-electron chi connectivity index (χ3n) is 6.07. The molecule has 3 N–H and O–H groups in total. The van der Waals surface area contributed by atoms with Gasteiger partial charge >= 0.3 is 0 Å². The molecule has 6 rings (SSSR count). The van der Waals surface area contributed by atoms with E-state index in [0.29, 0.717) is 22.1 Å². The first kappa shape index (κ1) is 22.1. The van der Waals surface area contributed by atoms with E-state index in [4.69, 9.17) is 4.98 Å². The molecule has 3 aromatic heterocycles. The van der Waals surface area contributed by atoms with E-state index in [1.165, 1.54) is 17.8 Å². The summed E-state index contributed by atoms with van der Waals surface area (Å²) in [6, 6.07) is 20.9. The lowest BCUT2D eigenvalue weighted by Gasteiger charge is -2.08. The van der Waals surface area contributed by atoms with Crippen LogP contribution in [0.2, 0.25) is 0 Å². The van der Waals surface area contributed by atoms with E-state index < -0.39 is 0 Å². The van der Waals surface area contributed by atoms with E-state index in [1.54, 1.807) is 12.1 Å². The molecule has 176 valence electrons. The van der Waals surface area contributed by atoms with Gasteiger partial charge in [0, 0.05) is 50.9 Å². The van der Waals surface area contributed by atoms with Gasteiger partial charge in [-0.25, -0.2) is 4.98 Å². The van der Waals surface area contributed by atoms with Gasteiger partial charge in [-0.15, -0.1) is 10.2 Å². The number of nitrogens with zero attached hydrogens (tertiary/aromatic N) is 3. The number of aromatic hydroxyl groups is 1. The zero-order valence-electron chi connectivity index (χ0n) is 19.3. The standard InChI is InChI=1S/C28H21N5O2S/c1-16-10-17(12-18(34)11-16)25(35)15-36-28-31-26(21-13-29-23-8-4-2-6-19(21)23)27(32-33-28)22-14-30-24-9-5-3-7-20(22)24/h2-14,29-30,34H,15H2,1H3. The van der Waals surface area contributed by atoms with Crippen LogP contribution >= 0.6 is 11.8 Å². The minimum Gasteiger partial charge on any atom is -0.508 e. The number of rotatable bonds is 6. The maximum Gasteiger partial charge on any atom is 0.210 e. The minimum atomic E-state index is -0.114. The Morgan fingerprint density at radius 3 is 2.17 bits per heavy atom. The average molecular weight is 492 g/mol. The van der Waals surface area contributed by atoms with Gasteiger partial charge in [0.1, 0.15) is 17.1 Å². The van der Waals surface area contributed by atoms with Crippen molar-refractivity contribution >= 4 is 39.4 Å². The lowest BCUT2D eigenvalue weighted by atomic mass is 10.0. The summed E-state index contributed by atoms with van der Waals surface area (Å²) < 4.78 is 0. The Bertz CT molecular complexity index is 1730. The predicted molar refractivity (Wildman–Crippen MR) is 142 cm³/mol. The van der Waals surface area contributed by atoms with E-state index in [1.807, 2.05) is 67.8 Å². The molecule has 0 saturated heterocycles. The number of fused-ring (bicyclic) bond motifs is 2. The highest BCUT2D eigenvalue weighted by Gasteiger charge is 2.20. The van der Waals surface area contributed by atoms with Gasteiger partial charge in [0.05, 0.1) is 5.75 Å². The van der Waals surface area contributed by atoms with Gasteiger partial charge in [-0.2, -0.15) is 0 Å². The van der Waals surface area contributed by atoms with Gasteiger partial charge in [0.2, 0.25) is 5.16 Å². The van der Waals surface area contributed by atoms with Crippen molar-refractivity contribution in [1.29, 1.82) is 0 Å². The zero-order chi connectivity index (χ0) is 24.6. The molecule has 0 aliphatic carbocycles. The van der Waals surface area contributed by atoms with E-state index in [2.05, 4.69) is 20.2 Å². The molecule has 0 atom stereocenters. The second-order valence-corrected chi connectivity index (χ2v) is 9.50. The number of Topliss-reactive ketones (excluding diaryl/α,β-unsaturated/α-hetero) is 1. The number of aromatic amines is 2. The zero-order valence-corrected chi connectivity index (χ0v) is 20.1. The maximum absolute atomic E-state index is 12.8. The summed E-state index contributed by atoms with van der Waals surface area (Å²) in [6.07, 6.45) is 3.86. The fourth-order valence-electron chi connectivity index (χ4n) is 4.41. The molecule has 0 radical (unpaired) electrons. The SMILES string of the molecule is Cc1cc(O)cc(C(=O)CSc2nnc(-c3c[nH]c4ccccc34)c(-c3c[nH]c4ccccc34)n2)c1. The Hall–Kier alpha value is -4.43. The third kappa shape index (κ3) is 4.01. The minimum absolute atomic E-state index is 0.0750. The molecule has 0 spiro atoms. The van der Waals surface area contributed by atoms with E-state index in [0.717, 1.165) is 38.5 Å². The molecular formula is C28H21N5O2S. The fourth-order valence-corrected chi connectivity index (χ4v) is 5.09. The van der Waals surface area contributed by atoms with Crippen molar-refractivity contribution < 1.29 is 9.90 Å². The smallest absolute Gasteiger partial charge is 0.210 e. The maximum atomic E-state index is 12.8. The molecule has 0 saturated carbocycles. The first-order chi connectivity index (χ1) is 17.6. The van der Waals surface area contributed by atoms with E-state index in [9.17, 15) is 9.90 Å². The van der Waals surface area contributed by atoms with Crippen molar-refractivity contribution in [2.75, 3.05) is 5.75 Å². The van der Waals surface area contributed by atoms with Crippen molar-refractivity contribution in [2.24, 2.45) is 0 Å². The van der Waals surface area contributed by atoms with Crippen molar-refractivity contribution in [2.45, 2.75) is 12.1 Å². The van der Waals surface area contributed by atoms with Crippen molar-refractivity contribution in [1.82, 2.24) is 25.1 Å². The van der Waals surface area contributed by atoms with Crippen LogP contribution in [-0.4, -0.2) is 41.8 Å². The van der Waals surface area contributed by atoms with Crippen LogP contribution < -0.4 is 0 Å². The molecule has 0 unspecified atom stereocenters. The number of aryl methyl sites for hydroxylation is 1. The third-order valence-corrected chi connectivity index (χ3v) is 6.91. The number of aromatic nitrogens is 5. The highest BCUT2D eigenvalue weighted by Crippen LogP contribution is 2.37. The van der Waals surface area contributed by atoms with Gasteiger partial charge in [-0.05, 0) is 42.8 Å². The topological polar surface area (TPSA) is 108 Å². The van der Waals surface area contributed by atoms with Crippen molar-refractivity contribution in [3.63, 3.8) is 0 Å². The van der Waals surface area contributed by atoms with Crippen LogP contribution in [0.15, 0.2) is 84.3 Å². The highest BCUT2D eigenvalue weighted by molar-refractivity contribution is 7.99. The number of hydrogen-bond donors (Lipinski definition) is 3. The second kappa shape index (κ2) is 8.98. The molecule has 0 aliphatic rings. The number of ketones is 1. The normalized spacial score (nSPS) is 11.4. The predicted octanol–water partition coefficient (Wildman–Crippen LogP) is 6.16. The molecule has 36 heavy (non-hydrogen) atoms. The van der Waals surface area contributed by atoms with Crippen LogP contribution in [0.1, 0.15) is 15.9 Å². The Balaban J connectivity index is 1.41. The van der Waals surface area contributed by atoms with Crippen molar-refractivity contribution in [3.05, 3.63) is 90.3 Å². The van der Waals surface area contributed by atoms with Crippen LogP contribution in [0.3, 0.4) is 0 Å². The van der Waals surface area contributed by atoms with Crippen LogP contribution in [-0.2, 0) is 0 Å². The number of hydrogen-bond acceptors (Lipinski definition) is 6. The van der Waals surface area contributed by atoms with Gasteiger partial charge in [0.25, 0.3) is 0 Å². The molecule has 3 aromatic carbocycles. The monoisotopic (exact) mass is 491 g/mol. The molecule has 8 heteroatoms. The average Bonchev–Trinajstić information content (AvgIpc) is 3.51. The Morgan fingerprint density at radius 1 is 0.861 bits per heavy atom. The lowest BCUT2D eigenvalue weighted by molar-refractivity contribution is 0.102. The fraction of sp³-hybridized carbons (Fsp3) is 0.0714. The Labute approximate surface area is 210 Å². The largest absolute Gasteiger partial charge is 0.508 e. The van der Waals surface area contributed by atoms with Crippen molar-refractivity contribution in [3.8, 4) is 28.3 Å². The Kier molecular flexibility index (Phi) is 5.50. The van der Waals surface area contributed by atoms with Crippen LogP contribution in [0, 0.1) is 6.92 Å². The number of benzene rings is 3. The number of thioether (sulfide) groups is 1. The summed E-state index contributed by atoms with van der Waals surface area (Å²) in [7, 11) is 0. The van der Waals surface area contributed by atoms with Gasteiger partial charge in [0.15, 0.2) is 5.78 Å². The number of phenolic OH excluding ortho intramolecular Hbond substituents is 1. The molecule has 6 aromatic rings. The van der Waals surface area contributed by atoms with Gasteiger partial charge in [-0.3, -0.25) is 4.79 Å². The molecular weight excluding hydrogens is 470 g/mol. The highest BCUT2D eigenvalue weighted by atomic mass is 32.2. The summed E-state index contributed by atoms with van der Waals surface area (Å²) >= 11 is 1.23.